The Morgan fingerprint density at radius 3 is 2.46 bits per heavy atom. The van der Waals surface area contributed by atoms with E-state index >= 15 is 0 Å². The monoisotopic (exact) mass is 380 g/mol. The highest BCUT2D eigenvalue weighted by molar-refractivity contribution is 7.92. The van der Waals surface area contributed by atoms with Crippen LogP contribution in [0.2, 0.25) is 0 Å². The van der Waals surface area contributed by atoms with Crippen LogP contribution in [0.1, 0.15) is 50.5 Å². The van der Waals surface area contributed by atoms with Crippen molar-refractivity contribution >= 4 is 21.6 Å². The summed E-state index contributed by atoms with van der Waals surface area (Å²) in [6.45, 7) is 1.90. The second-order valence-corrected chi connectivity index (χ2v) is 9.33. The van der Waals surface area contributed by atoms with Crippen molar-refractivity contribution in [3.63, 3.8) is 0 Å². The molecule has 1 heterocycles. The maximum Gasteiger partial charge on any atom is 0.263 e. The van der Waals surface area contributed by atoms with Gasteiger partial charge >= 0.3 is 0 Å². The molecule has 1 amide bonds. The Hall–Kier alpha value is -1.76. The molecular weight excluding hydrogens is 352 g/mol. The highest BCUT2D eigenvalue weighted by atomic mass is 32.2. The van der Waals surface area contributed by atoms with Crippen molar-refractivity contribution in [3.8, 4) is 5.75 Å². The van der Waals surface area contributed by atoms with Gasteiger partial charge in [0.1, 0.15) is 5.75 Å². The molecule has 1 aromatic rings. The first-order valence-corrected chi connectivity index (χ1v) is 11.2. The van der Waals surface area contributed by atoms with Crippen LogP contribution in [0.3, 0.4) is 0 Å². The molecule has 1 aliphatic heterocycles. The smallest absolute Gasteiger partial charge is 0.263 e. The molecule has 7 heteroatoms. The number of rotatable bonds is 3. The molecule has 6 nitrogen and oxygen atoms in total. The van der Waals surface area contributed by atoms with Crippen LogP contribution in [-0.4, -0.2) is 39.3 Å². The minimum absolute atomic E-state index is 0.00778. The third-order valence-corrected chi connectivity index (χ3v) is 6.27. The molecule has 2 aliphatic rings. The largest absolute Gasteiger partial charge is 0.476 e. The number of carbonyl (C=O) groups is 1. The fourth-order valence-electron chi connectivity index (χ4n) is 3.71. The maximum atomic E-state index is 12.8. The van der Waals surface area contributed by atoms with E-state index in [1.807, 2.05) is 13.0 Å². The Kier molecular flexibility index (Phi) is 5.75. The molecule has 0 unspecified atom stereocenters. The second kappa shape index (κ2) is 7.86. The second-order valence-electron chi connectivity index (χ2n) is 7.42. The Morgan fingerprint density at radius 1 is 1.15 bits per heavy atom. The van der Waals surface area contributed by atoms with Gasteiger partial charge in [0.2, 0.25) is 10.0 Å². The lowest BCUT2D eigenvalue weighted by Crippen LogP contribution is -2.52. The van der Waals surface area contributed by atoms with E-state index < -0.39 is 16.1 Å². The first-order valence-electron chi connectivity index (χ1n) is 9.40. The Balaban J connectivity index is 1.76. The number of ether oxygens (including phenoxy) is 1. The number of sulfonamides is 1. The Bertz CT molecular complexity index is 755. The number of amides is 1. The van der Waals surface area contributed by atoms with Crippen molar-refractivity contribution in [1.82, 2.24) is 5.32 Å². The van der Waals surface area contributed by atoms with Gasteiger partial charge in [-0.1, -0.05) is 38.2 Å². The topological polar surface area (TPSA) is 75.7 Å². The third kappa shape index (κ3) is 4.50. The van der Waals surface area contributed by atoms with Crippen molar-refractivity contribution in [2.24, 2.45) is 0 Å². The summed E-state index contributed by atoms with van der Waals surface area (Å²) < 4.78 is 31.6. The van der Waals surface area contributed by atoms with Crippen molar-refractivity contribution in [2.75, 3.05) is 17.1 Å². The predicted molar refractivity (Wildman–Crippen MR) is 102 cm³/mol. The van der Waals surface area contributed by atoms with Crippen LogP contribution < -0.4 is 14.4 Å². The van der Waals surface area contributed by atoms with Crippen LogP contribution >= 0.6 is 0 Å². The molecule has 0 bridgehead atoms. The minimum Gasteiger partial charge on any atom is -0.476 e. The zero-order valence-corrected chi connectivity index (χ0v) is 16.3. The van der Waals surface area contributed by atoms with Crippen molar-refractivity contribution < 1.29 is 17.9 Å². The lowest BCUT2D eigenvalue weighted by atomic mass is 9.96. The quantitative estimate of drug-likeness (QED) is 0.875. The van der Waals surface area contributed by atoms with Crippen LogP contribution in [0.5, 0.6) is 5.75 Å². The van der Waals surface area contributed by atoms with E-state index in [-0.39, 0.29) is 18.5 Å². The number of hydrogen-bond donors (Lipinski definition) is 1. The van der Waals surface area contributed by atoms with Gasteiger partial charge in [-0.2, -0.15) is 0 Å². The van der Waals surface area contributed by atoms with Crippen molar-refractivity contribution in [2.45, 2.75) is 64.0 Å². The number of aryl methyl sites for hydroxylation is 1. The van der Waals surface area contributed by atoms with Gasteiger partial charge in [-0.25, -0.2) is 8.42 Å². The number of nitrogens with zero attached hydrogens (tertiary/aromatic N) is 1. The summed E-state index contributed by atoms with van der Waals surface area (Å²) in [6, 6.07) is 5.52. The molecule has 1 atom stereocenters. The fourth-order valence-corrected chi connectivity index (χ4v) is 4.61. The molecule has 1 aromatic carbocycles. The molecule has 1 N–H and O–H groups in total. The molecule has 0 radical (unpaired) electrons. The van der Waals surface area contributed by atoms with E-state index in [0.29, 0.717) is 11.4 Å². The molecule has 1 fully saturated rings. The van der Waals surface area contributed by atoms with Crippen molar-refractivity contribution in [1.29, 1.82) is 0 Å². The molecule has 1 aliphatic carbocycles. The summed E-state index contributed by atoms with van der Waals surface area (Å²) in [5, 5.41) is 3.09. The van der Waals surface area contributed by atoms with E-state index in [0.717, 1.165) is 37.5 Å². The Morgan fingerprint density at radius 2 is 1.81 bits per heavy atom. The first kappa shape index (κ1) is 19.0. The summed E-state index contributed by atoms with van der Waals surface area (Å²) in [7, 11) is -3.49. The maximum absolute atomic E-state index is 12.8. The van der Waals surface area contributed by atoms with E-state index in [2.05, 4.69) is 5.32 Å². The average molecular weight is 381 g/mol. The van der Waals surface area contributed by atoms with Gasteiger partial charge in [0.25, 0.3) is 5.91 Å². The van der Waals surface area contributed by atoms with E-state index in [9.17, 15) is 13.2 Å². The summed E-state index contributed by atoms with van der Waals surface area (Å²) in [6.07, 6.45) is 8.21. The summed E-state index contributed by atoms with van der Waals surface area (Å²) >= 11 is 0. The van der Waals surface area contributed by atoms with Crippen LogP contribution in [-0.2, 0) is 14.8 Å². The molecule has 1 saturated carbocycles. The number of fused-ring (bicyclic) bond motifs is 1. The van der Waals surface area contributed by atoms with Crippen LogP contribution in [0.15, 0.2) is 18.2 Å². The highest BCUT2D eigenvalue weighted by Gasteiger charge is 2.35. The third-order valence-electron chi connectivity index (χ3n) is 5.13. The zero-order chi connectivity index (χ0) is 18.7. The number of hydrogen-bond acceptors (Lipinski definition) is 4. The summed E-state index contributed by atoms with van der Waals surface area (Å²) in [4.78, 5) is 12.8. The molecule has 144 valence electrons. The lowest BCUT2D eigenvalue weighted by Gasteiger charge is -2.35. The molecule has 0 spiro atoms. The summed E-state index contributed by atoms with van der Waals surface area (Å²) in [5.74, 6) is 0.209. The zero-order valence-electron chi connectivity index (χ0n) is 15.5. The van der Waals surface area contributed by atoms with Crippen LogP contribution in [0.4, 0.5) is 5.69 Å². The fraction of sp³-hybridized carbons (Fsp3) is 0.632. The van der Waals surface area contributed by atoms with Crippen molar-refractivity contribution in [3.05, 3.63) is 23.8 Å². The van der Waals surface area contributed by atoms with E-state index in [1.54, 1.807) is 12.1 Å². The predicted octanol–water partition coefficient (Wildman–Crippen LogP) is 2.75. The molecule has 0 aromatic heterocycles. The molecule has 0 saturated heterocycles. The molecule has 3 rings (SSSR count). The standard InChI is InChI=1S/C19H28N2O4S/c1-14-10-11-17-16(12-14)21(26(2,23)24)13-18(25-17)19(22)20-15-8-6-4-3-5-7-9-15/h10-12,15,18H,3-9,13H2,1-2H3,(H,20,22)/t18-/m0/s1. The minimum atomic E-state index is -3.49. The Labute approximate surface area is 156 Å². The average Bonchev–Trinajstić information content (AvgIpc) is 2.55. The summed E-state index contributed by atoms with van der Waals surface area (Å²) in [5.41, 5.74) is 1.45. The highest BCUT2D eigenvalue weighted by Crippen LogP contribution is 2.35. The van der Waals surface area contributed by atoms with Gasteiger partial charge in [-0.15, -0.1) is 0 Å². The van der Waals surface area contributed by atoms with Gasteiger partial charge < -0.3 is 10.1 Å². The lowest BCUT2D eigenvalue weighted by molar-refractivity contribution is -0.128. The number of anilines is 1. The number of benzene rings is 1. The van der Waals surface area contributed by atoms with Gasteiger partial charge in [0.05, 0.1) is 18.5 Å². The number of carbonyl (C=O) groups excluding carboxylic acids is 1. The normalized spacial score (nSPS) is 21.9. The van der Waals surface area contributed by atoms with Gasteiger partial charge in [0.15, 0.2) is 6.10 Å². The van der Waals surface area contributed by atoms with Gasteiger partial charge in [-0.3, -0.25) is 9.10 Å². The number of nitrogens with one attached hydrogen (secondary N) is 1. The van der Waals surface area contributed by atoms with E-state index in [4.69, 9.17) is 4.74 Å². The van der Waals surface area contributed by atoms with Gasteiger partial charge in [0, 0.05) is 6.04 Å². The first-order chi connectivity index (χ1) is 12.3. The van der Waals surface area contributed by atoms with Gasteiger partial charge in [-0.05, 0) is 37.5 Å². The molecular formula is C19H28N2O4S. The van der Waals surface area contributed by atoms with E-state index in [1.165, 1.54) is 23.6 Å². The molecule has 26 heavy (non-hydrogen) atoms. The SMILES string of the molecule is Cc1ccc2c(c1)N(S(C)(=O)=O)C[C@@H](C(=O)NC1CCCCCCC1)O2. The van der Waals surface area contributed by atoms with Crippen LogP contribution in [0.25, 0.3) is 0 Å². The van der Waals surface area contributed by atoms with Crippen LogP contribution in [0, 0.1) is 6.92 Å².